The monoisotopic (exact) mass is 305 g/mol. The van der Waals surface area contributed by atoms with Crippen molar-refractivity contribution in [2.75, 3.05) is 18.4 Å². The zero-order chi connectivity index (χ0) is 14.0. The highest BCUT2D eigenvalue weighted by Gasteiger charge is 1.99. The number of hydrogen-bond donors (Lipinski definition) is 3. The summed E-state index contributed by atoms with van der Waals surface area (Å²) in [4.78, 5) is 11.6. The van der Waals surface area contributed by atoms with Crippen molar-refractivity contribution in [1.29, 1.82) is 0 Å². The number of rotatable bonds is 6. The first-order valence-electron chi connectivity index (χ1n) is 6.69. The third kappa shape index (κ3) is 6.79. The molecule has 5 heteroatoms. The van der Waals surface area contributed by atoms with Crippen LogP contribution in [0.2, 0.25) is 0 Å². The van der Waals surface area contributed by atoms with Gasteiger partial charge in [-0.15, -0.1) is 12.4 Å². The van der Waals surface area contributed by atoms with E-state index in [-0.39, 0.29) is 18.4 Å². The van der Waals surface area contributed by atoms with E-state index in [1.165, 1.54) is 5.56 Å². The fourth-order valence-corrected chi connectivity index (χ4v) is 1.79. The summed E-state index contributed by atoms with van der Waals surface area (Å²) in [5, 5.41) is 8.86. The van der Waals surface area contributed by atoms with Crippen molar-refractivity contribution >= 4 is 24.1 Å². The van der Waals surface area contributed by atoms with Crippen molar-refractivity contribution in [1.82, 2.24) is 10.6 Å². The SMILES string of the molecule is Cl.O=C(NCCNCc1ccccc1)Nc1ccccc1. The van der Waals surface area contributed by atoms with E-state index in [1.54, 1.807) is 0 Å². The topological polar surface area (TPSA) is 53.2 Å². The molecule has 0 unspecified atom stereocenters. The number of carbonyl (C=O) groups excluding carboxylic acids is 1. The zero-order valence-electron chi connectivity index (χ0n) is 11.7. The first-order chi connectivity index (χ1) is 9.84. The molecule has 2 rings (SSSR count). The summed E-state index contributed by atoms with van der Waals surface area (Å²) in [7, 11) is 0. The third-order valence-electron chi connectivity index (χ3n) is 2.79. The Morgan fingerprint density at radius 2 is 1.48 bits per heavy atom. The summed E-state index contributed by atoms with van der Waals surface area (Å²) >= 11 is 0. The van der Waals surface area contributed by atoms with E-state index in [9.17, 15) is 4.79 Å². The average molecular weight is 306 g/mol. The lowest BCUT2D eigenvalue weighted by Crippen LogP contribution is -2.34. The Labute approximate surface area is 131 Å². The number of urea groups is 1. The Morgan fingerprint density at radius 1 is 0.857 bits per heavy atom. The standard InChI is InChI=1S/C16H19N3O.ClH/c20-16(19-15-9-5-2-6-10-15)18-12-11-17-13-14-7-3-1-4-8-14;/h1-10,17H,11-13H2,(H2,18,19,20);1H. The van der Waals surface area contributed by atoms with Crippen LogP contribution in [0, 0.1) is 0 Å². The molecule has 112 valence electrons. The second kappa shape index (κ2) is 9.80. The van der Waals surface area contributed by atoms with E-state index in [4.69, 9.17) is 0 Å². The van der Waals surface area contributed by atoms with Gasteiger partial charge < -0.3 is 16.0 Å². The molecule has 0 heterocycles. The largest absolute Gasteiger partial charge is 0.337 e. The van der Waals surface area contributed by atoms with Crippen LogP contribution in [0.25, 0.3) is 0 Å². The minimum absolute atomic E-state index is 0. The molecule has 0 spiro atoms. The molecule has 0 aliphatic carbocycles. The highest BCUT2D eigenvalue weighted by atomic mass is 35.5. The van der Waals surface area contributed by atoms with Crippen LogP contribution in [-0.4, -0.2) is 19.1 Å². The molecule has 21 heavy (non-hydrogen) atoms. The van der Waals surface area contributed by atoms with Crippen LogP contribution in [0.5, 0.6) is 0 Å². The van der Waals surface area contributed by atoms with Crippen molar-refractivity contribution in [3.05, 3.63) is 66.2 Å². The minimum Gasteiger partial charge on any atom is -0.337 e. The highest BCUT2D eigenvalue weighted by molar-refractivity contribution is 5.89. The number of benzene rings is 2. The van der Waals surface area contributed by atoms with Crippen LogP contribution in [0.3, 0.4) is 0 Å². The number of anilines is 1. The van der Waals surface area contributed by atoms with Crippen LogP contribution >= 0.6 is 12.4 Å². The second-order valence-electron chi connectivity index (χ2n) is 4.41. The Kier molecular flexibility index (Phi) is 7.94. The van der Waals surface area contributed by atoms with Gasteiger partial charge in [0.1, 0.15) is 0 Å². The molecular weight excluding hydrogens is 286 g/mol. The van der Waals surface area contributed by atoms with E-state index < -0.39 is 0 Å². The fourth-order valence-electron chi connectivity index (χ4n) is 1.79. The summed E-state index contributed by atoms with van der Waals surface area (Å²) in [6.07, 6.45) is 0. The number of hydrogen-bond acceptors (Lipinski definition) is 2. The van der Waals surface area contributed by atoms with Gasteiger partial charge in [0.15, 0.2) is 0 Å². The zero-order valence-corrected chi connectivity index (χ0v) is 12.5. The van der Waals surface area contributed by atoms with Gasteiger partial charge in [-0.25, -0.2) is 4.79 Å². The van der Waals surface area contributed by atoms with Crippen molar-refractivity contribution < 1.29 is 4.79 Å². The maximum atomic E-state index is 11.6. The molecule has 0 saturated carbocycles. The molecule has 3 N–H and O–H groups in total. The Balaban J connectivity index is 0.00000220. The molecule has 0 bridgehead atoms. The minimum atomic E-state index is -0.183. The second-order valence-corrected chi connectivity index (χ2v) is 4.41. The van der Waals surface area contributed by atoms with E-state index in [2.05, 4.69) is 28.1 Å². The molecule has 0 saturated heterocycles. The summed E-state index contributed by atoms with van der Waals surface area (Å²) in [6.45, 7) is 2.13. The molecule has 0 aromatic heterocycles. The van der Waals surface area contributed by atoms with Gasteiger partial charge in [0, 0.05) is 25.3 Å². The Bertz CT molecular complexity index is 520. The third-order valence-corrected chi connectivity index (χ3v) is 2.79. The first kappa shape index (κ1) is 17.0. The fraction of sp³-hybridized carbons (Fsp3) is 0.188. The predicted octanol–water partition coefficient (Wildman–Crippen LogP) is 3.02. The predicted molar refractivity (Wildman–Crippen MR) is 88.9 cm³/mol. The average Bonchev–Trinajstić information content (AvgIpc) is 2.49. The molecule has 0 aliphatic heterocycles. The summed E-state index contributed by atoms with van der Waals surface area (Å²) < 4.78 is 0. The van der Waals surface area contributed by atoms with Crippen LogP contribution in [0.15, 0.2) is 60.7 Å². The summed E-state index contributed by atoms with van der Waals surface area (Å²) in [6, 6.07) is 19.4. The lowest BCUT2D eigenvalue weighted by Gasteiger charge is -2.08. The molecule has 4 nitrogen and oxygen atoms in total. The lowest BCUT2D eigenvalue weighted by atomic mass is 10.2. The summed E-state index contributed by atoms with van der Waals surface area (Å²) in [5.41, 5.74) is 2.03. The van der Waals surface area contributed by atoms with Gasteiger partial charge in [0.25, 0.3) is 0 Å². The van der Waals surface area contributed by atoms with Gasteiger partial charge in [-0.2, -0.15) is 0 Å². The maximum Gasteiger partial charge on any atom is 0.319 e. The Morgan fingerprint density at radius 3 is 2.14 bits per heavy atom. The highest BCUT2D eigenvalue weighted by Crippen LogP contribution is 2.03. The van der Waals surface area contributed by atoms with Gasteiger partial charge >= 0.3 is 6.03 Å². The number of amides is 2. The van der Waals surface area contributed by atoms with E-state index >= 15 is 0 Å². The number of nitrogens with one attached hydrogen (secondary N) is 3. The van der Waals surface area contributed by atoms with Crippen molar-refractivity contribution in [2.24, 2.45) is 0 Å². The maximum absolute atomic E-state index is 11.6. The molecular formula is C16H20ClN3O. The first-order valence-corrected chi connectivity index (χ1v) is 6.69. The van der Waals surface area contributed by atoms with Gasteiger partial charge in [0.2, 0.25) is 0 Å². The van der Waals surface area contributed by atoms with Crippen molar-refractivity contribution in [3.63, 3.8) is 0 Å². The van der Waals surface area contributed by atoms with E-state index in [0.717, 1.165) is 18.8 Å². The molecule has 2 aromatic carbocycles. The quantitative estimate of drug-likeness (QED) is 0.719. The normalized spacial score (nSPS) is 9.52. The molecule has 0 aliphatic rings. The lowest BCUT2D eigenvalue weighted by molar-refractivity contribution is 0.252. The molecule has 0 fully saturated rings. The number of carbonyl (C=O) groups is 1. The van der Waals surface area contributed by atoms with Gasteiger partial charge in [-0.3, -0.25) is 0 Å². The number of halogens is 1. The van der Waals surface area contributed by atoms with E-state index in [1.807, 2.05) is 48.5 Å². The van der Waals surface area contributed by atoms with Gasteiger partial charge in [-0.1, -0.05) is 48.5 Å². The molecule has 2 amide bonds. The van der Waals surface area contributed by atoms with Crippen molar-refractivity contribution in [3.8, 4) is 0 Å². The smallest absolute Gasteiger partial charge is 0.319 e. The van der Waals surface area contributed by atoms with Crippen LogP contribution in [-0.2, 0) is 6.54 Å². The van der Waals surface area contributed by atoms with Crippen LogP contribution in [0.1, 0.15) is 5.56 Å². The Hall–Kier alpha value is -2.04. The van der Waals surface area contributed by atoms with Crippen LogP contribution < -0.4 is 16.0 Å². The molecule has 0 atom stereocenters. The van der Waals surface area contributed by atoms with Crippen molar-refractivity contribution in [2.45, 2.75) is 6.54 Å². The van der Waals surface area contributed by atoms with Gasteiger partial charge in [-0.05, 0) is 17.7 Å². The van der Waals surface area contributed by atoms with Crippen LogP contribution in [0.4, 0.5) is 10.5 Å². The van der Waals surface area contributed by atoms with Gasteiger partial charge in [0.05, 0.1) is 0 Å². The molecule has 2 aromatic rings. The summed E-state index contributed by atoms with van der Waals surface area (Å²) in [5.74, 6) is 0. The van der Waals surface area contributed by atoms with E-state index in [0.29, 0.717) is 6.54 Å². The number of para-hydroxylation sites is 1. The molecule has 0 radical (unpaired) electrons.